The van der Waals surface area contributed by atoms with E-state index in [9.17, 15) is 4.79 Å². The van der Waals surface area contributed by atoms with Crippen LogP contribution in [-0.4, -0.2) is 73.3 Å². The molecule has 0 aromatic rings. The molecular formula is C20H26N2O3. The lowest BCUT2D eigenvalue weighted by atomic mass is 9.77. The van der Waals surface area contributed by atoms with Gasteiger partial charge in [-0.25, -0.2) is 4.79 Å². The molecule has 1 unspecified atom stereocenters. The van der Waals surface area contributed by atoms with Crippen molar-refractivity contribution < 1.29 is 14.3 Å². The van der Waals surface area contributed by atoms with Crippen LogP contribution in [0, 0.1) is 11.8 Å². The zero-order chi connectivity index (χ0) is 17.8. The summed E-state index contributed by atoms with van der Waals surface area (Å²) in [6.07, 6.45) is 7.05. The molecule has 0 N–H and O–H groups in total. The zero-order valence-corrected chi connectivity index (χ0v) is 15.4. The summed E-state index contributed by atoms with van der Waals surface area (Å²) in [4.78, 5) is 16.7. The number of ether oxygens (including phenoxy) is 2. The topological polar surface area (TPSA) is 42.0 Å². The minimum Gasteiger partial charge on any atom is -0.449 e. The van der Waals surface area contributed by atoms with Gasteiger partial charge in [-0.1, -0.05) is 17.9 Å². The Labute approximate surface area is 149 Å². The minimum atomic E-state index is -0.499. The largest absolute Gasteiger partial charge is 0.449 e. The molecule has 5 nitrogen and oxygen atoms in total. The first-order chi connectivity index (χ1) is 12.0. The summed E-state index contributed by atoms with van der Waals surface area (Å²) in [6, 6.07) is 0.870. The molecule has 134 valence electrons. The van der Waals surface area contributed by atoms with Gasteiger partial charge in [-0.15, -0.1) is 0 Å². The van der Waals surface area contributed by atoms with Gasteiger partial charge in [0.2, 0.25) is 0 Å². The molecule has 4 rings (SSSR count). The number of nitrogens with zero attached hydrogens (tertiary/aromatic N) is 2. The number of esters is 1. The molecular weight excluding hydrogens is 316 g/mol. The molecule has 4 aliphatic rings. The highest BCUT2D eigenvalue weighted by Gasteiger charge is 2.64. The van der Waals surface area contributed by atoms with E-state index in [0.717, 1.165) is 30.4 Å². The van der Waals surface area contributed by atoms with Crippen molar-refractivity contribution in [3.05, 3.63) is 23.3 Å². The standard InChI is InChI=1S/C20H26N2O3/c1-13(24-4)17-7-8-18-20-12-15(22(17)18)10-14(6-5-9-21(2)3)16(20)11-19(23)25-20/h10-11,13,15,17-18H,7-9,12H2,1-4H3/t13?,15-,17-,18-,20+/m1/s1. The molecule has 0 aromatic carbocycles. The van der Waals surface area contributed by atoms with Crippen LogP contribution in [0.2, 0.25) is 0 Å². The smallest absolute Gasteiger partial charge is 0.332 e. The predicted octanol–water partition coefficient (Wildman–Crippen LogP) is 1.35. The van der Waals surface area contributed by atoms with Crippen LogP contribution < -0.4 is 0 Å². The van der Waals surface area contributed by atoms with Crippen LogP contribution in [0.4, 0.5) is 0 Å². The van der Waals surface area contributed by atoms with Crippen LogP contribution in [0.1, 0.15) is 26.2 Å². The van der Waals surface area contributed by atoms with Crippen molar-refractivity contribution >= 4 is 5.97 Å². The third-order valence-electron chi connectivity index (χ3n) is 6.09. The van der Waals surface area contributed by atoms with E-state index in [4.69, 9.17) is 9.47 Å². The normalized spacial score (nSPS) is 37.0. The Hall–Kier alpha value is -1.61. The second-order valence-corrected chi connectivity index (χ2v) is 7.81. The van der Waals surface area contributed by atoms with Crippen molar-refractivity contribution in [2.45, 2.75) is 56.0 Å². The van der Waals surface area contributed by atoms with E-state index < -0.39 is 5.60 Å². The Morgan fingerprint density at radius 3 is 3.00 bits per heavy atom. The van der Waals surface area contributed by atoms with E-state index in [1.54, 1.807) is 13.2 Å². The molecule has 2 bridgehead atoms. The van der Waals surface area contributed by atoms with Crippen molar-refractivity contribution in [2.24, 2.45) is 0 Å². The van der Waals surface area contributed by atoms with Crippen molar-refractivity contribution in [3.63, 3.8) is 0 Å². The Kier molecular flexibility index (Phi) is 4.03. The lowest BCUT2D eigenvalue weighted by Gasteiger charge is -2.33. The highest BCUT2D eigenvalue weighted by molar-refractivity contribution is 5.90. The van der Waals surface area contributed by atoms with Gasteiger partial charge < -0.3 is 9.47 Å². The SMILES string of the molecule is COC(C)[C@H]1CC[C@H]2N1[C@@H]1C=C(C#CCN(C)C)C3=CC(=O)O[C@@]32C1. The number of methoxy groups -OCH3 is 1. The zero-order valence-electron chi connectivity index (χ0n) is 15.4. The van der Waals surface area contributed by atoms with E-state index >= 15 is 0 Å². The summed E-state index contributed by atoms with van der Waals surface area (Å²) < 4.78 is 11.6. The van der Waals surface area contributed by atoms with E-state index in [0.29, 0.717) is 12.6 Å². The van der Waals surface area contributed by atoms with Crippen molar-refractivity contribution in [1.82, 2.24) is 9.80 Å². The van der Waals surface area contributed by atoms with Crippen molar-refractivity contribution in [2.75, 3.05) is 27.7 Å². The van der Waals surface area contributed by atoms with E-state index in [1.165, 1.54) is 0 Å². The fraction of sp³-hybridized carbons (Fsp3) is 0.650. The maximum absolute atomic E-state index is 12.2. The molecule has 3 aliphatic heterocycles. The quantitative estimate of drug-likeness (QED) is 0.572. The summed E-state index contributed by atoms with van der Waals surface area (Å²) in [5.41, 5.74) is 1.47. The number of hydrogen-bond acceptors (Lipinski definition) is 5. The summed E-state index contributed by atoms with van der Waals surface area (Å²) in [6.45, 7) is 2.83. The van der Waals surface area contributed by atoms with E-state index in [-0.39, 0.29) is 24.2 Å². The number of hydrogen-bond donors (Lipinski definition) is 0. The third-order valence-corrected chi connectivity index (χ3v) is 6.09. The Bertz CT molecular complexity index is 714. The first kappa shape index (κ1) is 16.8. The molecule has 1 spiro atoms. The molecule has 5 atom stereocenters. The summed E-state index contributed by atoms with van der Waals surface area (Å²) in [5.74, 6) is 6.29. The van der Waals surface area contributed by atoms with Gasteiger partial charge in [0.1, 0.15) is 0 Å². The minimum absolute atomic E-state index is 0.168. The summed E-state index contributed by atoms with van der Waals surface area (Å²) in [7, 11) is 5.78. The lowest BCUT2D eigenvalue weighted by molar-refractivity contribution is -0.147. The predicted molar refractivity (Wildman–Crippen MR) is 94.8 cm³/mol. The molecule has 0 aromatic heterocycles. The van der Waals surface area contributed by atoms with Crippen LogP contribution in [-0.2, 0) is 14.3 Å². The Balaban J connectivity index is 1.72. The monoisotopic (exact) mass is 342 g/mol. The van der Waals surface area contributed by atoms with Gasteiger partial charge in [0.15, 0.2) is 5.60 Å². The van der Waals surface area contributed by atoms with Crippen molar-refractivity contribution in [3.8, 4) is 11.8 Å². The molecule has 0 amide bonds. The Morgan fingerprint density at radius 2 is 2.28 bits per heavy atom. The summed E-state index contributed by atoms with van der Waals surface area (Å²) in [5, 5.41) is 0. The van der Waals surface area contributed by atoms with Crippen LogP contribution in [0.3, 0.4) is 0 Å². The highest BCUT2D eigenvalue weighted by atomic mass is 16.6. The van der Waals surface area contributed by atoms with Gasteiger partial charge in [-0.3, -0.25) is 9.80 Å². The molecule has 2 saturated heterocycles. The third kappa shape index (κ3) is 2.47. The van der Waals surface area contributed by atoms with E-state index in [1.807, 2.05) is 19.0 Å². The van der Waals surface area contributed by atoms with Gasteiger partial charge in [0.25, 0.3) is 0 Å². The first-order valence-electron chi connectivity index (χ1n) is 9.07. The van der Waals surface area contributed by atoms with Gasteiger partial charge in [0, 0.05) is 42.8 Å². The number of rotatable bonds is 3. The highest BCUT2D eigenvalue weighted by Crippen LogP contribution is 2.55. The number of carbonyl (C=O) groups excluding carboxylic acids is 1. The molecule has 0 saturated carbocycles. The number of carbonyl (C=O) groups is 1. The first-order valence-corrected chi connectivity index (χ1v) is 9.07. The fourth-order valence-electron chi connectivity index (χ4n) is 5.03. The fourth-order valence-corrected chi connectivity index (χ4v) is 5.03. The molecule has 0 radical (unpaired) electrons. The molecule has 5 heteroatoms. The summed E-state index contributed by atoms with van der Waals surface area (Å²) >= 11 is 0. The lowest BCUT2D eigenvalue weighted by Crippen LogP contribution is -2.47. The molecule has 1 aliphatic carbocycles. The average Bonchev–Trinajstić information content (AvgIpc) is 3.20. The van der Waals surface area contributed by atoms with Crippen LogP contribution in [0.5, 0.6) is 0 Å². The van der Waals surface area contributed by atoms with Gasteiger partial charge >= 0.3 is 5.97 Å². The van der Waals surface area contributed by atoms with E-state index in [2.05, 4.69) is 29.7 Å². The van der Waals surface area contributed by atoms with Crippen LogP contribution in [0.25, 0.3) is 0 Å². The van der Waals surface area contributed by atoms with Crippen molar-refractivity contribution in [1.29, 1.82) is 0 Å². The maximum atomic E-state index is 12.2. The molecule has 3 heterocycles. The second-order valence-electron chi connectivity index (χ2n) is 7.81. The number of fused-ring (bicyclic) bond motifs is 3. The maximum Gasteiger partial charge on any atom is 0.332 e. The van der Waals surface area contributed by atoms with Gasteiger partial charge in [-0.2, -0.15) is 0 Å². The Morgan fingerprint density at radius 1 is 1.48 bits per heavy atom. The molecule has 25 heavy (non-hydrogen) atoms. The van der Waals surface area contributed by atoms with Crippen LogP contribution >= 0.6 is 0 Å². The second kappa shape index (κ2) is 5.98. The van der Waals surface area contributed by atoms with Gasteiger partial charge in [-0.05, 0) is 33.9 Å². The average molecular weight is 342 g/mol. The van der Waals surface area contributed by atoms with Gasteiger partial charge in [0.05, 0.1) is 18.7 Å². The van der Waals surface area contributed by atoms with Crippen LogP contribution in [0.15, 0.2) is 23.3 Å². The molecule has 2 fully saturated rings.